The highest BCUT2D eigenvalue weighted by Gasteiger charge is 2.09. The molecule has 0 amide bonds. The van der Waals surface area contributed by atoms with Gasteiger partial charge in [0, 0.05) is 25.0 Å². The first-order chi connectivity index (χ1) is 9.74. The van der Waals surface area contributed by atoms with Crippen LogP contribution >= 0.6 is 0 Å². The summed E-state index contributed by atoms with van der Waals surface area (Å²) in [4.78, 5) is 6.76. The lowest BCUT2D eigenvalue weighted by atomic mass is 10.2. The molecule has 0 radical (unpaired) electrons. The summed E-state index contributed by atoms with van der Waals surface area (Å²) in [5.41, 5.74) is 3.73. The van der Waals surface area contributed by atoms with E-state index in [1.54, 1.807) is 0 Å². The summed E-state index contributed by atoms with van der Waals surface area (Å²) in [6.45, 7) is 9.16. The summed E-state index contributed by atoms with van der Waals surface area (Å²) in [7, 11) is 0. The third-order valence-electron chi connectivity index (χ3n) is 3.30. The van der Waals surface area contributed by atoms with Crippen LogP contribution in [0.4, 0.5) is 11.5 Å². The van der Waals surface area contributed by atoms with Crippen molar-refractivity contribution in [1.82, 2.24) is 10.3 Å². The van der Waals surface area contributed by atoms with Gasteiger partial charge in [-0.25, -0.2) is 4.98 Å². The Balaban J connectivity index is 2.27. The lowest BCUT2D eigenvalue weighted by Crippen LogP contribution is -2.18. The molecule has 2 rings (SSSR count). The first kappa shape index (κ1) is 14.5. The Labute approximate surface area is 121 Å². The number of aryl methyl sites for hydroxylation is 1. The van der Waals surface area contributed by atoms with Crippen LogP contribution in [0.25, 0.3) is 0 Å². The Morgan fingerprint density at radius 1 is 1.15 bits per heavy atom. The fraction of sp³-hybridized carbons (Fsp3) is 0.353. The molecule has 0 aliphatic heterocycles. The molecule has 0 fully saturated rings. The monoisotopic (exact) mass is 269 g/mol. The highest BCUT2D eigenvalue weighted by Crippen LogP contribution is 2.24. The first-order valence-corrected chi connectivity index (χ1v) is 7.24. The summed E-state index contributed by atoms with van der Waals surface area (Å²) in [5.74, 6) is 1.01. The van der Waals surface area contributed by atoms with Crippen LogP contribution in [0.2, 0.25) is 0 Å². The van der Waals surface area contributed by atoms with Crippen molar-refractivity contribution < 1.29 is 0 Å². The van der Waals surface area contributed by atoms with E-state index in [1.807, 2.05) is 6.20 Å². The van der Waals surface area contributed by atoms with Gasteiger partial charge in [-0.05, 0) is 55.8 Å². The van der Waals surface area contributed by atoms with E-state index in [0.717, 1.165) is 25.5 Å². The van der Waals surface area contributed by atoms with Gasteiger partial charge in [0.05, 0.1) is 0 Å². The quantitative estimate of drug-likeness (QED) is 0.867. The zero-order valence-electron chi connectivity index (χ0n) is 12.6. The molecule has 0 atom stereocenters. The zero-order chi connectivity index (χ0) is 14.4. The van der Waals surface area contributed by atoms with Gasteiger partial charge in [0.1, 0.15) is 5.82 Å². The Kier molecular flexibility index (Phi) is 5.13. The van der Waals surface area contributed by atoms with E-state index < -0.39 is 0 Å². The van der Waals surface area contributed by atoms with Crippen molar-refractivity contribution in [2.75, 3.05) is 18.0 Å². The molecule has 0 saturated carbocycles. The fourth-order valence-electron chi connectivity index (χ4n) is 2.26. The average molecular weight is 269 g/mol. The Bertz CT molecular complexity index is 551. The Morgan fingerprint density at radius 3 is 2.70 bits per heavy atom. The van der Waals surface area contributed by atoms with Gasteiger partial charge < -0.3 is 10.2 Å². The lowest BCUT2D eigenvalue weighted by Gasteiger charge is -2.23. The van der Waals surface area contributed by atoms with Gasteiger partial charge in [-0.15, -0.1) is 0 Å². The second-order valence-corrected chi connectivity index (χ2v) is 4.89. The van der Waals surface area contributed by atoms with Crippen molar-refractivity contribution in [3.63, 3.8) is 0 Å². The molecule has 0 unspecified atom stereocenters. The molecule has 20 heavy (non-hydrogen) atoms. The molecule has 0 saturated heterocycles. The molecule has 3 nitrogen and oxygen atoms in total. The molecule has 106 valence electrons. The van der Waals surface area contributed by atoms with Crippen LogP contribution in [0, 0.1) is 6.92 Å². The highest BCUT2D eigenvalue weighted by molar-refractivity contribution is 5.61. The van der Waals surface area contributed by atoms with E-state index in [-0.39, 0.29) is 0 Å². The first-order valence-electron chi connectivity index (χ1n) is 7.24. The van der Waals surface area contributed by atoms with Gasteiger partial charge in [0.15, 0.2) is 0 Å². The van der Waals surface area contributed by atoms with Crippen molar-refractivity contribution in [2.24, 2.45) is 0 Å². The largest absolute Gasteiger partial charge is 0.327 e. The van der Waals surface area contributed by atoms with E-state index in [9.17, 15) is 0 Å². The standard InChI is InChI=1S/C17H23N3/c1-4-18-13-15-9-10-19-17(12-15)20(5-2)16-8-6-7-14(3)11-16/h6-12,18H,4-5,13H2,1-3H3. The lowest BCUT2D eigenvalue weighted by molar-refractivity contribution is 0.725. The summed E-state index contributed by atoms with van der Waals surface area (Å²) < 4.78 is 0. The van der Waals surface area contributed by atoms with Crippen molar-refractivity contribution in [3.8, 4) is 0 Å². The predicted molar refractivity (Wildman–Crippen MR) is 85.5 cm³/mol. The number of benzene rings is 1. The molecule has 1 aromatic heterocycles. The molecular formula is C17H23N3. The molecule has 2 aromatic rings. The minimum Gasteiger partial charge on any atom is -0.327 e. The fourth-order valence-corrected chi connectivity index (χ4v) is 2.26. The zero-order valence-corrected chi connectivity index (χ0v) is 12.6. The molecule has 0 aliphatic rings. The Morgan fingerprint density at radius 2 is 2.00 bits per heavy atom. The number of aromatic nitrogens is 1. The number of nitrogens with zero attached hydrogens (tertiary/aromatic N) is 2. The molecule has 1 heterocycles. The van der Waals surface area contributed by atoms with E-state index >= 15 is 0 Å². The van der Waals surface area contributed by atoms with E-state index in [2.05, 4.69) is 72.4 Å². The van der Waals surface area contributed by atoms with Crippen LogP contribution < -0.4 is 10.2 Å². The van der Waals surface area contributed by atoms with E-state index in [1.165, 1.54) is 16.8 Å². The number of anilines is 2. The number of rotatable bonds is 6. The number of hydrogen-bond donors (Lipinski definition) is 1. The van der Waals surface area contributed by atoms with Crippen LogP contribution in [0.5, 0.6) is 0 Å². The molecule has 1 N–H and O–H groups in total. The molecular weight excluding hydrogens is 246 g/mol. The maximum atomic E-state index is 4.52. The van der Waals surface area contributed by atoms with E-state index in [4.69, 9.17) is 0 Å². The second kappa shape index (κ2) is 7.06. The highest BCUT2D eigenvalue weighted by atomic mass is 15.2. The van der Waals surface area contributed by atoms with Crippen LogP contribution in [0.15, 0.2) is 42.6 Å². The number of nitrogens with one attached hydrogen (secondary N) is 1. The van der Waals surface area contributed by atoms with Crippen molar-refractivity contribution >= 4 is 11.5 Å². The number of hydrogen-bond acceptors (Lipinski definition) is 3. The average Bonchev–Trinajstić information content (AvgIpc) is 2.46. The minimum atomic E-state index is 0.886. The van der Waals surface area contributed by atoms with Gasteiger partial charge in [0.2, 0.25) is 0 Å². The van der Waals surface area contributed by atoms with Gasteiger partial charge in [-0.3, -0.25) is 0 Å². The summed E-state index contributed by atoms with van der Waals surface area (Å²) in [6.07, 6.45) is 1.89. The summed E-state index contributed by atoms with van der Waals surface area (Å²) >= 11 is 0. The third-order valence-corrected chi connectivity index (χ3v) is 3.30. The molecule has 0 bridgehead atoms. The molecule has 0 spiro atoms. The predicted octanol–water partition coefficient (Wildman–Crippen LogP) is 3.66. The summed E-state index contributed by atoms with van der Waals surface area (Å²) in [5, 5.41) is 3.35. The minimum absolute atomic E-state index is 0.886. The number of pyridine rings is 1. The Hall–Kier alpha value is -1.87. The molecule has 1 aromatic carbocycles. The van der Waals surface area contributed by atoms with Gasteiger partial charge in [-0.1, -0.05) is 19.1 Å². The van der Waals surface area contributed by atoms with Crippen LogP contribution in [0.3, 0.4) is 0 Å². The SMILES string of the molecule is CCNCc1ccnc(N(CC)c2cccc(C)c2)c1. The van der Waals surface area contributed by atoms with Gasteiger partial charge in [0.25, 0.3) is 0 Å². The van der Waals surface area contributed by atoms with E-state index in [0.29, 0.717) is 0 Å². The van der Waals surface area contributed by atoms with Crippen molar-refractivity contribution in [3.05, 3.63) is 53.7 Å². The van der Waals surface area contributed by atoms with Crippen LogP contribution in [0.1, 0.15) is 25.0 Å². The second-order valence-electron chi connectivity index (χ2n) is 4.89. The van der Waals surface area contributed by atoms with Crippen molar-refractivity contribution in [1.29, 1.82) is 0 Å². The normalized spacial score (nSPS) is 10.6. The van der Waals surface area contributed by atoms with Crippen molar-refractivity contribution in [2.45, 2.75) is 27.3 Å². The summed E-state index contributed by atoms with van der Waals surface area (Å²) in [6, 6.07) is 12.8. The maximum Gasteiger partial charge on any atom is 0.133 e. The topological polar surface area (TPSA) is 28.2 Å². The molecule has 3 heteroatoms. The van der Waals surface area contributed by atoms with Gasteiger partial charge >= 0.3 is 0 Å². The van der Waals surface area contributed by atoms with Crippen LogP contribution in [-0.2, 0) is 6.54 Å². The maximum absolute atomic E-state index is 4.52. The van der Waals surface area contributed by atoms with Crippen LogP contribution in [-0.4, -0.2) is 18.1 Å². The third kappa shape index (κ3) is 3.58. The molecule has 0 aliphatic carbocycles. The van der Waals surface area contributed by atoms with Gasteiger partial charge in [-0.2, -0.15) is 0 Å². The smallest absolute Gasteiger partial charge is 0.133 e.